The molecular weight excluding hydrogens is 512 g/mol. The van der Waals surface area contributed by atoms with Crippen LogP contribution in [0.15, 0.2) is 24.3 Å². The lowest BCUT2D eigenvalue weighted by molar-refractivity contribution is -0.142. The Morgan fingerprint density at radius 1 is 0.575 bits per heavy atom. The molecule has 0 saturated heterocycles. The second kappa shape index (κ2) is 23.9. The predicted octanol–water partition coefficient (Wildman–Crippen LogP) is 7.33. The number of ether oxygens (including phenoxy) is 4. The molecule has 1 aromatic carbocycles. The molecule has 0 bridgehead atoms. The number of carbonyl (C=O) groups excluding carboxylic acids is 4. The van der Waals surface area contributed by atoms with Crippen LogP contribution in [0.4, 0.5) is 0 Å². The largest absolute Gasteiger partial charge is 0.469 e. The zero-order chi connectivity index (χ0) is 30.2. The Morgan fingerprint density at radius 3 is 1.27 bits per heavy atom. The van der Waals surface area contributed by atoms with Gasteiger partial charge in [0.25, 0.3) is 0 Å². The Hall–Kier alpha value is -2.90. The Balaban J connectivity index is 0.00000106. The first kappa shape index (κ1) is 37.1. The average Bonchev–Trinajstić information content (AvgIpc) is 2.94. The number of carbonyl (C=O) groups is 4. The van der Waals surface area contributed by atoms with Crippen molar-refractivity contribution < 1.29 is 38.1 Å². The second-order valence-corrected chi connectivity index (χ2v) is 10.7. The van der Waals surface area contributed by atoms with Gasteiger partial charge < -0.3 is 18.9 Å². The van der Waals surface area contributed by atoms with Gasteiger partial charge in [-0.05, 0) is 49.7 Å². The fraction of sp³-hybridized carbons (Fsp3) is 0.688. The zero-order valence-electron chi connectivity index (χ0n) is 25.6. The van der Waals surface area contributed by atoms with Gasteiger partial charge in [0.15, 0.2) is 0 Å². The molecule has 0 aliphatic heterocycles. The Morgan fingerprint density at radius 2 is 0.950 bits per heavy atom. The molecule has 0 fully saturated rings. The van der Waals surface area contributed by atoms with Crippen LogP contribution in [0.25, 0.3) is 0 Å². The highest BCUT2D eigenvalue weighted by Crippen LogP contribution is 2.14. The van der Waals surface area contributed by atoms with E-state index < -0.39 is 11.9 Å². The van der Waals surface area contributed by atoms with Crippen LogP contribution in [0.1, 0.15) is 125 Å². The van der Waals surface area contributed by atoms with E-state index in [-0.39, 0.29) is 23.1 Å². The first-order valence-electron chi connectivity index (χ1n) is 14.7. The molecule has 8 nitrogen and oxygen atoms in total. The summed E-state index contributed by atoms with van der Waals surface area (Å²) in [5.74, 6) is 0.0349. The highest BCUT2D eigenvalue weighted by molar-refractivity contribution is 6.03. The van der Waals surface area contributed by atoms with E-state index in [0.717, 1.165) is 38.5 Å². The standard InChI is InChI=1S/C24H38O4.C8H14O4/c1-19(2)13-7-5-11-17-27-23(25)21-15-9-10-16-22(21)24(26)28-18-12-6-8-14-20(3)4;1-11-7(9)5-3-4-6-8(10)12-2/h9-10,15-16,19-20H,5-8,11-14,17-18H2,1-4H3;3-6H2,1-2H3. The maximum absolute atomic E-state index is 12.4. The molecule has 0 heterocycles. The Bertz CT molecular complexity index is 778. The van der Waals surface area contributed by atoms with Gasteiger partial charge >= 0.3 is 23.9 Å². The summed E-state index contributed by atoms with van der Waals surface area (Å²) < 4.78 is 19.6. The molecule has 1 rings (SSSR count). The highest BCUT2D eigenvalue weighted by Gasteiger charge is 2.18. The molecule has 0 N–H and O–H groups in total. The molecule has 0 saturated carbocycles. The van der Waals surface area contributed by atoms with E-state index in [1.807, 2.05) is 0 Å². The first-order valence-corrected chi connectivity index (χ1v) is 14.7. The van der Waals surface area contributed by atoms with Crippen LogP contribution >= 0.6 is 0 Å². The average molecular weight is 565 g/mol. The van der Waals surface area contributed by atoms with Crippen molar-refractivity contribution in [2.75, 3.05) is 27.4 Å². The predicted molar refractivity (Wildman–Crippen MR) is 156 cm³/mol. The minimum Gasteiger partial charge on any atom is -0.469 e. The van der Waals surface area contributed by atoms with Gasteiger partial charge in [0.05, 0.1) is 38.6 Å². The van der Waals surface area contributed by atoms with Crippen LogP contribution in [0.2, 0.25) is 0 Å². The fourth-order valence-corrected chi connectivity index (χ4v) is 3.73. The molecule has 228 valence electrons. The topological polar surface area (TPSA) is 105 Å². The van der Waals surface area contributed by atoms with E-state index >= 15 is 0 Å². The molecule has 0 aliphatic carbocycles. The number of methoxy groups -OCH3 is 2. The van der Waals surface area contributed by atoms with Crippen LogP contribution in [-0.4, -0.2) is 51.3 Å². The van der Waals surface area contributed by atoms with Crippen LogP contribution < -0.4 is 0 Å². The quantitative estimate of drug-likeness (QED) is 0.0977. The number of hydrogen-bond acceptors (Lipinski definition) is 8. The molecule has 0 atom stereocenters. The van der Waals surface area contributed by atoms with E-state index in [9.17, 15) is 19.2 Å². The third-order valence-electron chi connectivity index (χ3n) is 6.15. The molecule has 40 heavy (non-hydrogen) atoms. The zero-order valence-corrected chi connectivity index (χ0v) is 25.6. The van der Waals surface area contributed by atoms with Crippen LogP contribution in [0.5, 0.6) is 0 Å². The van der Waals surface area contributed by atoms with Gasteiger partial charge in [-0.2, -0.15) is 0 Å². The van der Waals surface area contributed by atoms with E-state index in [2.05, 4.69) is 37.2 Å². The third-order valence-corrected chi connectivity index (χ3v) is 6.15. The molecule has 0 aromatic heterocycles. The molecule has 0 spiro atoms. The lowest BCUT2D eigenvalue weighted by atomic mass is 10.1. The Kier molecular flexibility index (Phi) is 22.2. The van der Waals surface area contributed by atoms with Crippen molar-refractivity contribution in [1.29, 1.82) is 0 Å². The molecule has 0 amide bonds. The van der Waals surface area contributed by atoms with Crippen molar-refractivity contribution in [3.8, 4) is 0 Å². The summed E-state index contributed by atoms with van der Waals surface area (Å²) in [6.45, 7) is 9.61. The Labute approximate surface area is 241 Å². The SMILES string of the molecule is CC(C)CCCCCOC(=O)c1ccccc1C(=O)OCCCCCC(C)C.COC(=O)CCCCC(=O)OC. The molecular formula is C32H52O8. The van der Waals surface area contributed by atoms with Crippen molar-refractivity contribution in [2.24, 2.45) is 11.8 Å². The first-order chi connectivity index (χ1) is 19.1. The second-order valence-electron chi connectivity index (χ2n) is 10.7. The van der Waals surface area contributed by atoms with Crippen molar-refractivity contribution in [2.45, 2.75) is 105 Å². The van der Waals surface area contributed by atoms with Gasteiger partial charge in [0, 0.05) is 12.8 Å². The summed E-state index contributed by atoms with van der Waals surface area (Å²) in [4.78, 5) is 45.9. The van der Waals surface area contributed by atoms with Crippen molar-refractivity contribution in [1.82, 2.24) is 0 Å². The van der Waals surface area contributed by atoms with Crippen LogP contribution in [-0.2, 0) is 28.5 Å². The van der Waals surface area contributed by atoms with Crippen molar-refractivity contribution in [3.05, 3.63) is 35.4 Å². The van der Waals surface area contributed by atoms with Gasteiger partial charge in [-0.25, -0.2) is 9.59 Å². The van der Waals surface area contributed by atoms with Gasteiger partial charge in [-0.3, -0.25) is 9.59 Å². The van der Waals surface area contributed by atoms with Crippen LogP contribution in [0, 0.1) is 11.8 Å². The molecule has 0 unspecified atom stereocenters. The summed E-state index contributed by atoms with van der Waals surface area (Å²) in [6.07, 6.45) is 10.6. The minimum absolute atomic E-state index is 0.236. The monoisotopic (exact) mass is 564 g/mol. The lowest BCUT2D eigenvalue weighted by Crippen LogP contribution is -2.15. The molecule has 1 aromatic rings. The van der Waals surface area contributed by atoms with Crippen molar-refractivity contribution >= 4 is 23.9 Å². The van der Waals surface area contributed by atoms with Crippen LogP contribution in [0.3, 0.4) is 0 Å². The number of unbranched alkanes of at least 4 members (excludes halogenated alkanes) is 5. The summed E-state index contributed by atoms with van der Waals surface area (Å²) in [6, 6.07) is 6.73. The summed E-state index contributed by atoms with van der Waals surface area (Å²) >= 11 is 0. The summed E-state index contributed by atoms with van der Waals surface area (Å²) in [7, 11) is 2.70. The normalized spacial score (nSPS) is 10.5. The maximum atomic E-state index is 12.4. The fourth-order valence-electron chi connectivity index (χ4n) is 3.73. The van der Waals surface area contributed by atoms with E-state index in [0.29, 0.717) is 50.7 Å². The van der Waals surface area contributed by atoms with Gasteiger partial charge in [0.1, 0.15) is 0 Å². The molecule has 0 radical (unpaired) electrons. The summed E-state index contributed by atoms with van der Waals surface area (Å²) in [5.41, 5.74) is 0.573. The van der Waals surface area contributed by atoms with E-state index in [4.69, 9.17) is 9.47 Å². The number of rotatable bonds is 19. The third kappa shape index (κ3) is 20.1. The molecule has 8 heteroatoms. The summed E-state index contributed by atoms with van der Waals surface area (Å²) in [5, 5.41) is 0. The number of esters is 4. The van der Waals surface area contributed by atoms with E-state index in [1.54, 1.807) is 24.3 Å². The maximum Gasteiger partial charge on any atom is 0.339 e. The van der Waals surface area contributed by atoms with Crippen molar-refractivity contribution in [3.63, 3.8) is 0 Å². The van der Waals surface area contributed by atoms with Gasteiger partial charge in [0.2, 0.25) is 0 Å². The number of benzene rings is 1. The minimum atomic E-state index is -0.451. The lowest BCUT2D eigenvalue weighted by Gasteiger charge is -2.10. The highest BCUT2D eigenvalue weighted by atomic mass is 16.5. The van der Waals surface area contributed by atoms with Gasteiger partial charge in [-0.1, -0.05) is 78.4 Å². The smallest absolute Gasteiger partial charge is 0.339 e. The number of hydrogen-bond donors (Lipinski definition) is 0. The molecule has 0 aliphatic rings. The van der Waals surface area contributed by atoms with E-state index in [1.165, 1.54) is 27.1 Å². The van der Waals surface area contributed by atoms with Gasteiger partial charge in [-0.15, -0.1) is 0 Å².